The molecule has 0 spiro atoms. The van der Waals surface area contributed by atoms with Gasteiger partial charge < -0.3 is 10.1 Å². The Kier molecular flexibility index (Phi) is 7.04. The molecular weight excluding hydrogens is 457 g/mol. The minimum atomic E-state index is -1.31. The summed E-state index contributed by atoms with van der Waals surface area (Å²) in [5, 5.41) is 14.4. The summed E-state index contributed by atoms with van der Waals surface area (Å²) in [5.41, 5.74) is -0.137. The molecule has 2 atom stereocenters. The summed E-state index contributed by atoms with van der Waals surface area (Å²) in [6.07, 6.45) is -0.605. The van der Waals surface area contributed by atoms with Crippen LogP contribution in [0.2, 0.25) is 0 Å². The standard InChI is InChI=1S/C25H22FN3O4S/c1-25(20-14-19(29(31)32)12-13-21(20)26)22(33-15-17-8-4-2-5-9-17)16-34-24(28-25)27-23(30)18-10-6-3-7-11-18/h2-14,22H,15-16H2,1H3,(H,27,28,30)/t22?,25-/m1/s1. The number of carbonyl (C=O) groups is 1. The Morgan fingerprint density at radius 1 is 1.18 bits per heavy atom. The van der Waals surface area contributed by atoms with Crippen molar-refractivity contribution in [2.24, 2.45) is 4.99 Å². The average molecular weight is 480 g/mol. The van der Waals surface area contributed by atoms with Crippen molar-refractivity contribution < 1.29 is 18.8 Å². The zero-order valence-corrected chi connectivity index (χ0v) is 19.1. The Morgan fingerprint density at radius 3 is 2.53 bits per heavy atom. The first kappa shape index (κ1) is 23.6. The van der Waals surface area contributed by atoms with Gasteiger partial charge in [-0.3, -0.25) is 14.9 Å². The topological polar surface area (TPSA) is 93.8 Å². The van der Waals surface area contributed by atoms with E-state index in [1.165, 1.54) is 17.8 Å². The third kappa shape index (κ3) is 5.16. The first-order valence-corrected chi connectivity index (χ1v) is 11.5. The van der Waals surface area contributed by atoms with Crippen LogP contribution in [0.4, 0.5) is 10.1 Å². The van der Waals surface area contributed by atoms with Crippen LogP contribution >= 0.6 is 11.8 Å². The maximum atomic E-state index is 15.0. The average Bonchev–Trinajstić information content (AvgIpc) is 2.84. The van der Waals surface area contributed by atoms with Crippen LogP contribution in [-0.4, -0.2) is 27.9 Å². The number of nitro groups is 1. The van der Waals surface area contributed by atoms with Crippen LogP contribution in [-0.2, 0) is 16.9 Å². The largest absolute Gasteiger partial charge is 0.370 e. The molecule has 3 aromatic carbocycles. The number of benzene rings is 3. The van der Waals surface area contributed by atoms with E-state index in [0.717, 1.165) is 17.7 Å². The Bertz CT molecular complexity index is 1220. The summed E-state index contributed by atoms with van der Waals surface area (Å²) in [4.78, 5) is 28.1. The second kappa shape index (κ2) is 10.1. The van der Waals surface area contributed by atoms with Crippen LogP contribution in [0.25, 0.3) is 0 Å². The van der Waals surface area contributed by atoms with Gasteiger partial charge in [-0.05, 0) is 30.7 Å². The molecule has 0 aliphatic carbocycles. The maximum Gasteiger partial charge on any atom is 0.270 e. The SMILES string of the molecule is C[C@]1(c2cc([N+](=O)[O-])ccc2F)N=C(NC(=O)c2ccccc2)SCC1OCc1ccccc1. The van der Waals surface area contributed by atoms with Crippen molar-refractivity contribution in [1.29, 1.82) is 0 Å². The minimum absolute atomic E-state index is 0.0338. The molecule has 34 heavy (non-hydrogen) atoms. The third-order valence-electron chi connectivity index (χ3n) is 5.59. The van der Waals surface area contributed by atoms with Gasteiger partial charge in [-0.2, -0.15) is 0 Å². The molecule has 0 fully saturated rings. The van der Waals surface area contributed by atoms with Crippen molar-refractivity contribution in [2.45, 2.75) is 25.2 Å². The van der Waals surface area contributed by atoms with E-state index in [2.05, 4.69) is 10.3 Å². The Balaban J connectivity index is 1.68. The summed E-state index contributed by atoms with van der Waals surface area (Å²) < 4.78 is 21.2. The van der Waals surface area contributed by atoms with Gasteiger partial charge in [0.2, 0.25) is 0 Å². The molecule has 0 bridgehead atoms. The van der Waals surface area contributed by atoms with E-state index < -0.39 is 22.4 Å². The lowest BCUT2D eigenvalue weighted by Gasteiger charge is -2.38. The summed E-state index contributed by atoms with van der Waals surface area (Å²) in [6.45, 7) is 1.93. The minimum Gasteiger partial charge on any atom is -0.370 e. The molecule has 1 amide bonds. The van der Waals surface area contributed by atoms with E-state index in [0.29, 0.717) is 16.5 Å². The zero-order chi connectivity index (χ0) is 24.1. The number of halogens is 1. The number of amidine groups is 1. The van der Waals surface area contributed by atoms with Crippen molar-refractivity contribution in [3.05, 3.63) is 111 Å². The highest BCUT2D eigenvalue weighted by atomic mass is 32.2. The molecule has 1 heterocycles. The van der Waals surface area contributed by atoms with E-state index in [9.17, 15) is 14.9 Å². The lowest BCUT2D eigenvalue weighted by molar-refractivity contribution is -0.385. The van der Waals surface area contributed by atoms with Crippen molar-refractivity contribution in [3.8, 4) is 0 Å². The highest BCUT2D eigenvalue weighted by Gasteiger charge is 2.43. The van der Waals surface area contributed by atoms with Gasteiger partial charge in [0, 0.05) is 29.0 Å². The fourth-order valence-corrected chi connectivity index (χ4v) is 4.83. The lowest BCUT2D eigenvalue weighted by atomic mass is 9.86. The quantitative estimate of drug-likeness (QED) is 0.394. The van der Waals surface area contributed by atoms with Crippen LogP contribution in [0.15, 0.2) is 83.9 Å². The highest BCUT2D eigenvalue weighted by Crippen LogP contribution is 2.40. The van der Waals surface area contributed by atoms with Gasteiger partial charge in [0.25, 0.3) is 11.6 Å². The molecule has 9 heteroatoms. The molecular formula is C25H22FN3O4S. The van der Waals surface area contributed by atoms with E-state index in [-0.39, 0.29) is 23.8 Å². The molecule has 1 aliphatic rings. The number of hydrogen-bond donors (Lipinski definition) is 1. The molecule has 174 valence electrons. The number of nitrogens with one attached hydrogen (secondary N) is 1. The number of aliphatic imine (C=N–C) groups is 1. The molecule has 1 unspecified atom stereocenters. The van der Waals surface area contributed by atoms with Gasteiger partial charge in [-0.15, -0.1) is 0 Å². The van der Waals surface area contributed by atoms with Gasteiger partial charge in [0.15, 0.2) is 5.17 Å². The number of nitrogens with zero attached hydrogens (tertiary/aromatic N) is 2. The van der Waals surface area contributed by atoms with Gasteiger partial charge in [0.05, 0.1) is 17.6 Å². The number of ether oxygens (including phenoxy) is 1. The number of carbonyl (C=O) groups excluding carboxylic acids is 1. The number of nitro benzene ring substituents is 1. The Morgan fingerprint density at radius 2 is 1.85 bits per heavy atom. The highest BCUT2D eigenvalue weighted by molar-refractivity contribution is 8.14. The summed E-state index contributed by atoms with van der Waals surface area (Å²) in [5.74, 6) is -0.623. The van der Waals surface area contributed by atoms with Gasteiger partial charge in [0.1, 0.15) is 11.4 Å². The monoisotopic (exact) mass is 479 g/mol. The summed E-state index contributed by atoms with van der Waals surface area (Å²) in [7, 11) is 0. The Labute approximate surface area is 200 Å². The summed E-state index contributed by atoms with van der Waals surface area (Å²) >= 11 is 1.28. The van der Waals surface area contributed by atoms with E-state index in [1.54, 1.807) is 37.3 Å². The predicted molar refractivity (Wildman–Crippen MR) is 129 cm³/mol. The van der Waals surface area contributed by atoms with Crippen LogP contribution in [0.3, 0.4) is 0 Å². The number of thioether (sulfide) groups is 1. The third-order valence-corrected chi connectivity index (χ3v) is 6.52. The first-order valence-electron chi connectivity index (χ1n) is 10.6. The van der Waals surface area contributed by atoms with E-state index in [4.69, 9.17) is 4.74 Å². The molecule has 0 radical (unpaired) electrons. The van der Waals surface area contributed by atoms with Crippen molar-refractivity contribution in [1.82, 2.24) is 5.32 Å². The first-order chi connectivity index (χ1) is 16.4. The maximum absolute atomic E-state index is 15.0. The second-order valence-corrected chi connectivity index (χ2v) is 8.91. The molecule has 7 nitrogen and oxygen atoms in total. The normalized spacial score (nSPS) is 19.8. The fraction of sp³-hybridized carbons (Fsp3) is 0.200. The van der Waals surface area contributed by atoms with Gasteiger partial charge in [-0.25, -0.2) is 9.38 Å². The number of rotatable bonds is 6. The molecule has 1 aliphatic heterocycles. The number of non-ortho nitro benzene ring substituents is 1. The molecule has 1 N–H and O–H groups in total. The van der Waals surface area contributed by atoms with Crippen molar-refractivity contribution in [2.75, 3.05) is 5.75 Å². The fourth-order valence-electron chi connectivity index (χ4n) is 3.68. The van der Waals surface area contributed by atoms with Gasteiger partial charge >= 0.3 is 0 Å². The zero-order valence-electron chi connectivity index (χ0n) is 18.3. The van der Waals surface area contributed by atoms with Crippen molar-refractivity contribution >= 4 is 28.5 Å². The van der Waals surface area contributed by atoms with E-state index >= 15 is 4.39 Å². The summed E-state index contributed by atoms with van der Waals surface area (Å²) in [6, 6.07) is 21.5. The molecule has 4 rings (SSSR count). The molecule has 3 aromatic rings. The molecule has 0 saturated heterocycles. The van der Waals surface area contributed by atoms with Crippen LogP contribution in [0.5, 0.6) is 0 Å². The van der Waals surface area contributed by atoms with Crippen molar-refractivity contribution in [3.63, 3.8) is 0 Å². The van der Waals surface area contributed by atoms with Crippen LogP contribution in [0, 0.1) is 15.9 Å². The Hall–Kier alpha value is -3.56. The van der Waals surface area contributed by atoms with Gasteiger partial charge in [-0.1, -0.05) is 60.3 Å². The smallest absolute Gasteiger partial charge is 0.270 e. The lowest BCUT2D eigenvalue weighted by Crippen LogP contribution is -2.46. The molecule has 0 saturated carbocycles. The predicted octanol–water partition coefficient (Wildman–Crippen LogP) is 5.07. The van der Waals surface area contributed by atoms with E-state index in [1.807, 2.05) is 30.3 Å². The number of amides is 1. The van der Waals surface area contributed by atoms with Crippen LogP contribution < -0.4 is 5.32 Å². The molecule has 0 aromatic heterocycles. The van der Waals surface area contributed by atoms with Crippen LogP contribution in [0.1, 0.15) is 28.4 Å². The second-order valence-electron chi connectivity index (χ2n) is 7.90. The number of hydrogen-bond acceptors (Lipinski definition) is 6.